The van der Waals surface area contributed by atoms with Crippen molar-refractivity contribution >= 4 is 29.9 Å². The molecular formula is C22H29N3O2S. The zero-order valence-corrected chi connectivity index (χ0v) is 17.2. The van der Waals surface area contributed by atoms with E-state index in [1.165, 1.54) is 11.8 Å². The number of piperidine rings is 1. The molecule has 1 aromatic heterocycles. The van der Waals surface area contributed by atoms with E-state index < -0.39 is 5.91 Å². The van der Waals surface area contributed by atoms with Crippen molar-refractivity contribution in [3.8, 4) is 0 Å². The van der Waals surface area contributed by atoms with Gasteiger partial charge < -0.3 is 5.32 Å². The molecule has 1 fully saturated rings. The molecule has 0 saturated carbocycles. The van der Waals surface area contributed by atoms with Gasteiger partial charge in [0.2, 0.25) is 5.78 Å². The molecule has 0 unspecified atom stereocenters. The average molecular weight is 400 g/mol. The summed E-state index contributed by atoms with van der Waals surface area (Å²) in [5.74, 6) is -0.294. The summed E-state index contributed by atoms with van der Waals surface area (Å²) in [6, 6.07) is 4.11. The SMILES string of the molecule is C=CNC(=O)C(=O)CCCC1CCN(Cc2ccc(/C(C=C)=C/S)nc2)CC1. The van der Waals surface area contributed by atoms with Crippen molar-refractivity contribution in [2.75, 3.05) is 13.1 Å². The van der Waals surface area contributed by atoms with Gasteiger partial charge in [-0.1, -0.05) is 25.3 Å². The Kier molecular flexibility index (Phi) is 9.17. The summed E-state index contributed by atoms with van der Waals surface area (Å²) in [5.41, 5.74) is 2.99. The molecule has 0 aliphatic carbocycles. The quantitative estimate of drug-likeness (QED) is 0.357. The van der Waals surface area contributed by atoms with Gasteiger partial charge in [-0.25, -0.2) is 0 Å². The van der Waals surface area contributed by atoms with Crippen molar-refractivity contribution in [2.45, 2.75) is 38.6 Å². The molecule has 1 aliphatic heterocycles. The normalized spacial score (nSPS) is 15.8. The number of hydrogen-bond acceptors (Lipinski definition) is 5. The van der Waals surface area contributed by atoms with Gasteiger partial charge in [0.15, 0.2) is 0 Å². The number of carbonyl (C=O) groups excluding carboxylic acids is 2. The molecule has 5 nitrogen and oxygen atoms in total. The van der Waals surface area contributed by atoms with Crippen LogP contribution in [0.5, 0.6) is 0 Å². The lowest BCUT2D eigenvalue weighted by molar-refractivity contribution is -0.137. The minimum absolute atomic E-state index is 0.311. The van der Waals surface area contributed by atoms with Crippen molar-refractivity contribution in [3.05, 3.63) is 60.4 Å². The van der Waals surface area contributed by atoms with E-state index >= 15 is 0 Å². The van der Waals surface area contributed by atoms with Gasteiger partial charge in [-0.15, -0.1) is 0 Å². The van der Waals surface area contributed by atoms with Gasteiger partial charge in [-0.05, 0) is 67.9 Å². The molecule has 1 N–H and O–H groups in total. The molecule has 1 amide bonds. The Morgan fingerprint density at radius 2 is 2.04 bits per heavy atom. The second kappa shape index (κ2) is 11.6. The number of allylic oxidation sites excluding steroid dienone is 2. The number of nitrogens with zero attached hydrogens (tertiary/aromatic N) is 2. The highest BCUT2D eigenvalue weighted by atomic mass is 32.1. The molecule has 2 rings (SSSR count). The van der Waals surface area contributed by atoms with E-state index in [1.54, 1.807) is 11.5 Å². The molecule has 150 valence electrons. The van der Waals surface area contributed by atoms with E-state index in [9.17, 15) is 9.59 Å². The standard InChI is InChI=1S/C22H29N3O2S/c1-3-19(16-28)20-9-8-18(14-24-20)15-25-12-10-17(11-13-25)6-5-7-21(26)22(27)23-4-2/h3-4,8-9,14,16-17,28H,1-2,5-7,10-13,15H2,(H,23,27)/b19-16+. The van der Waals surface area contributed by atoms with E-state index in [2.05, 4.69) is 47.1 Å². The number of pyridine rings is 1. The third-order valence-corrected chi connectivity index (χ3v) is 5.37. The number of aromatic nitrogens is 1. The van der Waals surface area contributed by atoms with Crippen LogP contribution in [0.4, 0.5) is 0 Å². The summed E-state index contributed by atoms with van der Waals surface area (Å²) < 4.78 is 0. The third-order valence-electron chi connectivity index (χ3n) is 5.10. The van der Waals surface area contributed by atoms with Crippen LogP contribution in [0, 0.1) is 5.92 Å². The lowest BCUT2D eigenvalue weighted by atomic mass is 9.91. The Balaban J connectivity index is 1.71. The number of carbonyl (C=O) groups is 2. The number of rotatable bonds is 10. The molecule has 1 aliphatic rings. The highest BCUT2D eigenvalue weighted by Gasteiger charge is 2.20. The summed E-state index contributed by atoms with van der Waals surface area (Å²) in [6.45, 7) is 10.2. The van der Waals surface area contributed by atoms with Crippen LogP contribution in [-0.4, -0.2) is 34.7 Å². The number of Topliss-reactive ketones (excluding diaryl/α,β-unsaturated/α-hetero) is 1. The molecule has 6 heteroatoms. The molecule has 0 atom stereocenters. The van der Waals surface area contributed by atoms with Crippen LogP contribution in [0.1, 0.15) is 43.4 Å². The summed E-state index contributed by atoms with van der Waals surface area (Å²) in [5, 5.41) is 4.04. The predicted molar refractivity (Wildman–Crippen MR) is 117 cm³/mol. The van der Waals surface area contributed by atoms with Crippen LogP contribution in [-0.2, 0) is 16.1 Å². The van der Waals surface area contributed by atoms with E-state index in [0.29, 0.717) is 12.3 Å². The van der Waals surface area contributed by atoms with Gasteiger partial charge in [0.05, 0.1) is 5.69 Å². The monoisotopic (exact) mass is 399 g/mol. The maximum atomic E-state index is 11.6. The fourth-order valence-electron chi connectivity index (χ4n) is 3.44. The average Bonchev–Trinajstić information content (AvgIpc) is 2.71. The summed E-state index contributed by atoms with van der Waals surface area (Å²) in [4.78, 5) is 30.0. The fraction of sp³-hybridized carbons (Fsp3) is 0.409. The highest BCUT2D eigenvalue weighted by molar-refractivity contribution is 7.83. The molecule has 0 bridgehead atoms. The summed E-state index contributed by atoms with van der Waals surface area (Å²) in [6.07, 6.45) is 9.24. The first kappa shape index (κ1) is 22.1. The highest BCUT2D eigenvalue weighted by Crippen LogP contribution is 2.24. The number of ketones is 1. The molecule has 1 aromatic rings. The van der Waals surface area contributed by atoms with Crippen LogP contribution in [0.2, 0.25) is 0 Å². The largest absolute Gasteiger partial charge is 0.327 e. The van der Waals surface area contributed by atoms with E-state index in [4.69, 9.17) is 0 Å². The topological polar surface area (TPSA) is 62.3 Å². The first-order valence-electron chi connectivity index (χ1n) is 9.66. The Labute approximate surface area is 173 Å². The molecule has 0 radical (unpaired) electrons. The zero-order chi connectivity index (χ0) is 20.4. The molecule has 0 aromatic carbocycles. The Morgan fingerprint density at radius 3 is 2.61 bits per heavy atom. The second-order valence-corrected chi connectivity index (χ2v) is 7.31. The molecule has 1 saturated heterocycles. The van der Waals surface area contributed by atoms with Gasteiger partial charge >= 0.3 is 0 Å². The minimum Gasteiger partial charge on any atom is -0.327 e. The lowest BCUT2D eigenvalue weighted by Crippen LogP contribution is -2.33. The van der Waals surface area contributed by atoms with Gasteiger partial charge in [0.1, 0.15) is 0 Å². The number of thiol groups is 1. The maximum Gasteiger partial charge on any atom is 0.291 e. The van der Waals surface area contributed by atoms with Crippen molar-refractivity contribution in [1.29, 1.82) is 0 Å². The fourth-order valence-corrected chi connectivity index (χ4v) is 3.68. The third kappa shape index (κ3) is 6.77. The Bertz CT molecular complexity index is 720. The molecule has 28 heavy (non-hydrogen) atoms. The van der Waals surface area contributed by atoms with Gasteiger partial charge in [0, 0.05) is 24.7 Å². The number of nitrogens with one attached hydrogen (secondary N) is 1. The van der Waals surface area contributed by atoms with Crippen molar-refractivity contribution < 1.29 is 9.59 Å². The van der Waals surface area contributed by atoms with Gasteiger partial charge in [0.25, 0.3) is 5.91 Å². The van der Waals surface area contributed by atoms with Gasteiger partial charge in [-0.3, -0.25) is 19.5 Å². The Morgan fingerprint density at radius 1 is 1.29 bits per heavy atom. The van der Waals surface area contributed by atoms with Crippen LogP contribution >= 0.6 is 12.6 Å². The smallest absolute Gasteiger partial charge is 0.291 e. The lowest BCUT2D eigenvalue weighted by Gasteiger charge is -2.32. The second-order valence-electron chi connectivity index (χ2n) is 7.05. The van der Waals surface area contributed by atoms with Gasteiger partial charge in [-0.2, -0.15) is 12.6 Å². The van der Waals surface area contributed by atoms with Crippen LogP contribution in [0.3, 0.4) is 0 Å². The minimum atomic E-state index is -0.561. The first-order valence-corrected chi connectivity index (χ1v) is 10.2. The van der Waals surface area contributed by atoms with E-state index in [0.717, 1.165) is 56.6 Å². The first-order chi connectivity index (χ1) is 13.6. The zero-order valence-electron chi connectivity index (χ0n) is 16.3. The van der Waals surface area contributed by atoms with Crippen molar-refractivity contribution in [3.63, 3.8) is 0 Å². The van der Waals surface area contributed by atoms with Crippen LogP contribution in [0.25, 0.3) is 5.57 Å². The van der Waals surface area contributed by atoms with E-state index in [1.807, 2.05) is 12.3 Å². The summed E-state index contributed by atoms with van der Waals surface area (Å²) in [7, 11) is 0. The summed E-state index contributed by atoms with van der Waals surface area (Å²) >= 11 is 4.18. The van der Waals surface area contributed by atoms with Crippen molar-refractivity contribution in [1.82, 2.24) is 15.2 Å². The number of likely N-dealkylation sites (tertiary alicyclic amines) is 1. The maximum absolute atomic E-state index is 11.6. The number of amides is 1. The van der Waals surface area contributed by atoms with E-state index in [-0.39, 0.29) is 5.78 Å². The Hall–Kier alpha value is -2.18. The predicted octanol–water partition coefficient (Wildman–Crippen LogP) is 3.75. The molecule has 2 heterocycles. The van der Waals surface area contributed by atoms with Crippen LogP contribution in [0.15, 0.2) is 49.2 Å². The molecular weight excluding hydrogens is 370 g/mol. The molecule has 0 spiro atoms. The van der Waals surface area contributed by atoms with Crippen LogP contribution < -0.4 is 5.32 Å². The van der Waals surface area contributed by atoms with Crippen molar-refractivity contribution in [2.24, 2.45) is 5.92 Å². The number of hydrogen-bond donors (Lipinski definition) is 2.